The molecule has 5 atom stereocenters. The number of unbranched alkanes of at least 4 members (excludes halogenated alkanes) is 1. The number of hydrogen-bond acceptors (Lipinski definition) is 9. The van der Waals surface area contributed by atoms with Crippen LogP contribution in [0.5, 0.6) is 0 Å². The highest BCUT2D eigenvalue weighted by Gasteiger charge is 2.50. The van der Waals surface area contributed by atoms with Gasteiger partial charge in [-0.05, 0) is 58.1 Å². The molecule has 0 fully saturated rings. The predicted octanol–water partition coefficient (Wildman–Crippen LogP) is 3.70. The first kappa shape index (κ1) is 32.2. The van der Waals surface area contributed by atoms with E-state index in [-0.39, 0.29) is 12.4 Å². The summed E-state index contributed by atoms with van der Waals surface area (Å²) in [5, 5.41) is 11.2. The van der Waals surface area contributed by atoms with Crippen molar-refractivity contribution in [2.75, 3.05) is 13.7 Å². The van der Waals surface area contributed by atoms with Crippen LogP contribution in [-0.4, -0.2) is 74.6 Å². The van der Waals surface area contributed by atoms with Crippen molar-refractivity contribution in [1.82, 2.24) is 0 Å². The quantitative estimate of drug-likeness (QED) is 0.147. The molecule has 0 aromatic rings. The van der Waals surface area contributed by atoms with Crippen LogP contribution in [0.25, 0.3) is 0 Å². The highest BCUT2D eigenvalue weighted by Crippen LogP contribution is 2.40. The molecule has 0 saturated carbocycles. The number of aliphatic hydroxyl groups excluding tert-OH is 1. The summed E-state index contributed by atoms with van der Waals surface area (Å²) in [6.07, 6.45) is 5.29. The van der Waals surface area contributed by atoms with Gasteiger partial charge in [-0.25, -0.2) is 0 Å². The number of carbonyl (C=O) groups is 3. The molecule has 0 saturated heterocycles. The molecule has 1 rings (SSSR count). The maximum absolute atomic E-state index is 12.9. The molecule has 0 aromatic heterocycles. The first-order valence-corrected chi connectivity index (χ1v) is 15.8. The Morgan fingerprint density at radius 2 is 1.83 bits per heavy atom. The molecular formula is C26H44O9Si. The van der Waals surface area contributed by atoms with Crippen molar-refractivity contribution in [3.63, 3.8) is 0 Å². The van der Waals surface area contributed by atoms with Gasteiger partial charge in [-0.1, -0.05) is 25.8 Å². The second-order valence-electron chi connectivity index (χ2n) is 10.5. The van der Waals surface area contributed by atoms with E-state index in [1.165, 1.54) is 39.2 Å². The summed E-state index contributed by atoms with van der Waals surface area (Å²) in [5.74, 6) is -3.27. The molecule has 0 heterocycles. The van der Waals surface area contributed by atoms with Crippen molar-refractivity contribution < 1.29 is 42.9 Å². The number of ketones is 1. The van der Waals surface area contributed by atoms with Crippen LogP contribution in [0.4, 0.5) is 0 Å². The smallest absolute Gasteiger partial charge is 0.303 e. The number of aliphatic hydroxyl groups is 1. The number of rotatable bonds is 15. The molecule has 0 aliphatic heterocycles. The van der Waals surface area contributed by atoms with E-state index >= 15 is 0 Å². The van der Waals surface area contributed by atoms with Crippen LogP contribution in [0, 0.1) is 5.92 Å². The van der Waals surface area contributed by atoms with Gasteiger partial charge in [0.1, 0.15) is 18.8 Å². The zero-order chi connectivity index (χ0) is 27.7. The van der Waals surface area contributed by atoms with E-state index in [1.807, 2.05) is 19.6 Å². The topological polar surface area (TPSA) is 118 Å². The molecule has 206 valence electrons. The van der Waals surface area contributed by atoms with Crippen LogP contribution in [0.3, 0.4) is 0 Å². The van der Waals surface area contributed by atoms with Gasteiger partial charge in [0.2, 0.25) is 0 Å². The maximum atomic E-state index is 12.9. The molecule has 1 aliphatic carbocycles. The molecule has 0 amide bonds. The lowest BCUT2D eigenvalue weighted by Gasteiger charge is -2.40. The van der Waals surface area contributed by atoms with Crippen molar-refractivity contribution in [2.45, 2.75) is 103 Å². The minimum absolute atomic E-state index is 0.219. The molecule has 1 aliphatic rings. The largest absolute Gasteiger partial charge is 0.463 e. The van der Waals surface area contributed by atoms with Gasteiger partial charge in [0.05, 0.1) is 17.6 Å². The lowest BCUT2D eigenvalue weighted by atomic mass is 9.81. The number of carbonyl (C=O) groups excluding carboxylic acids is 3. The lowest BCUT2D eigenvalue weighted by molar-refractivity contribution is -0.246. The van der Waals surface area contributed by atoms with Gasteiger partial charge < -0.3 is 28.5 Å². The molecule has 0 bridgehead atoms. The van der Waals surface area contributed by atoms with Crippen LogP contribution < -0.4 is 0 Å². The third-order valence-corrected chi connectivity index (χ3v) is 6.66. The van der Waals surface area contributed by atoms with Crippen molar-refractivity contribution in [3.8, 4) is 0 Å². The Morgan fingerprint density at radius 1 is 1.19 bits per heavy atom. The van der Waals surface area contributed by atoms with Gasteiger partial charge in [-0.15, -0.1) is 0 Å². The van der Waals surface area contributed by atoms with Gasteiger partial charge in [-0.2, -0.15) is 0 Å². The SMILES string of the molecule is CCCCC1(O[Si](C)(C)C)C=CC(=O)C1C(O)C=C[C@H](OC(C)=O)[C@@H](COC(C)=O)OC(C)(C)OC. The zero-order valence-electron chi connectivity index (χ0n) is 23.2. The van der Waals surface area contributed by atoms with Crippen molar-refractivity contribution in [1.29, 1.82) is 0 Å². The Bertz CT molecular complexity index is 815. The average Bonchev–Trinajstić information content (AvgIpc) is 3.06. The predicted molar refractivity (Wildman–Crippen MR) is 138 cm³/mol. The van der Waals surface area contributed by atoms with Crippen LogP contribution in [-0.2, 0) is 37.8 Å². The van der Waals surface area contributed by atoms with Crippen molar-refractivity contribution in [3.05, 3.63) is 24.3 Å². The van der Waals surface area contributed by atoms with Crippen LogP contribution in [0.1, 0.15) is 53.9 Å². The van der Waals surface area contributed by atoms with Gasteiger partial charge in [0.25, 0.3) is 0 Å². The lowest BCUT2D eigenvalue weighted by Crippen LogP contribution is -2.50. The van der Waals surface area contributed by atoms with E-state index in [4.69, 9.17) is 23.4 Å². The fourth-order valence-electron chi connectivity index (χ4n) is 4.11. The summed E-state index contributed by atoms with van der Waals surface area (Å²) in [4.78, 5) is 36.2. The van der Waals surface area contributed by atoms with Crippen LogP contribution in [0.15, 0.2) is 24.3 Å². The van der Waals surface area contributed by atoms with Crippen LogP contribution >= 0.6 is 0 Å². The second-order valence-corrected chi connectivity index (χ2v) is 14.9. The highest BCUT2D eigenvalue weighted by molar-refractivity contribution is 6.69. The Hall–Kier alpha value is -1.85. The number of methoxy groups -OCH3 is 1. The van der Waals surface area contributed by atoms with Gasteiger partial charge in [0, 0.05) is 21.0 Å². The van der Waals surface area contributed by atoms with E-state index in [2.05, 4.69) is 6.92 Å². The van der Waals surface area contributed by atoms with E-state index in [9.17, 15) is 19.5 Å². The second kappa shape index (κ2) is 13.6. The third kappa shape index (κ3) is 10.3. The zero-order valence-corrected chi connectivity index (χ0v) is 24.2. The van der Waals surface area contributed by atoms with E-state index in [0.29, 0.717) is 6.42 Å². The molecule has 0 spiro atoms. The third-order valence-electron chi connectivity index (χ3n) is 5.67. The standard InChI is InChI=1S/C26H44O9Si/c1-10-11-15-26(35-36(7,8)9)16-14-21(30)24(26)20(29)12-13-22(33-19(3)28)23(17-32-18(2)27)34-25(4,5)31-6/h12-14,16,20,22-24,29H,10-11,15,17H2,1-9H3/t20?,22-,23+,24?,26?/m0/s1. The van der Waals surface area contributed by atoms with E-state index < -0.39 is 55.9 Å². The molecular weight excluding hydrogens is 484 g/mol. The summed E-state index contributed by atoms with van der Waals surface area (Å²) in [5.41, 5.74) is -0.913. The summed E-state index contributed by atoms with van der Waals surface area (Å²) < 4.78 is 28.3. The van der Waals surface area contributed by atoms with Crippen LogP contribution in [0.2, 0.25) is 19.6 Å². The summed E-state index contributed by atoms with van der Waals surface area (Å²) in [6, 6.07) is 0. The molecule has 36 heavy (non-hydrogen) atoms. The number of ether oxygens (including phenoxy) is 4. The average molecular weight is 529 g/mol. The molecule has 9 nitrogen and oxygen atoms in total. The van der Waals surface area contributed by atoms with E-state index in [1.54, 1.807) is 19.9 Å². The fraction of sp³-hybridized carbons (Fsp3) is 0.731. The van der Waals surface area contributed by atoms with Gasteiger partial charge >= 0.3 is 11.9 Å². The van der Waals surface area contributed by atoms with Gasteiger partial charge in [0.15, 0.2) is 19.9 Å². The molecule has 10 heteroatoms. The molecule has 0 radical (unpaired) electrons. The molecule has 1 N–H and O–H groups in total. The molecule has 0 aromatic carbocycles. The number of hydrogen-bond donors (Lipinski definition) is 1. The Balaban J connectivity index is 3.32. The first-order valence-electron chi connectivity index (χ1n) is 12.4. The van der Waals surface area contributed by atoms with E-state index in [0.717, 1.165) is 12.8 Å². The Labute approximate surface area is 216 Å². The minimum atomic E-state index is -2.09. The van der Waals surface area contributed by atoms with Crippen molar-refractivity contribution in [2.24, 2.45) is 5.92 Å². The fourth-order valence-corrected chi connectivity index (χ4v) is 5.55. The van der Waals surface area contributed by atoms with Gasteiger partial charge in [-0.3, -0.25) is 14.4 Å². The number of allylic oxidation sites excluding steroid dienone is 1. The Kier molecular flexibility index (Phi) is 12.2. The number of esters is 2. The summed E-state index contributed by atoms with van der Waals surface area (Å²) in [6.45, 7) is 13.8. The normalized spacial score (nSPS) is 23.1. The van der Waals surface area contributed by atoms with Crippen molar-refractivity contribution >= 4 is 26.0 Å². The highest BCUT2D eigenvalue weighted by atomic mass is 28.4. The summed E-state index contributed by atoms with van der Waals surface area (Å²) >= 11 is 0. The minimum Gasteiger partial charge on any atom is -0.463 e. The summed E-state index contributed by atoms with van der Waals surface area (Å²) in [7, 11) is -0.634. The Morgan fingerprint density at radius 3 is 2.33 bits per heavy atom. The molecule has 3 unspecified atom stereocenters. The first-order chi connectivity index (χ1) is 16.6. The monoisotopic (exact) mass is 528 g/mol. The maximum Gasteiger partial charge on any atom is 0.303 e.